The van der Waals surface area contributed by atoms with E-state index in [-0.39, 0.29) is 11.8 Å². The summed E-state index contributed by atoms with van der Waals surface area (Å²) in [6.07, 6.45) is 4.67. The minimum absolute atomic E-state index is 0.0337. The van der Waals surface area contributed by atoms with Crippen molar-refractivity contribution in [3.63, 3.8) is 0 Å². The number of nitrogens with zero attached hydrogens (tertiary/aromatic N) is 1. The van der Waals surface area contributed by atoms with Crippen LogP contribution in [0.1, 0.15) is 52.9 Å². The molecule has 0 radical (unpaired) electrons. The molecule has 6 heteroatoms. The molecular formula is C18H32N2O4. The van der Waals surface area contributed by atoms with Crippen LogP contribution < -0.4 is 5.32 Å². The molecular weight excluding hydrogens is 308 g/mol. The lowest BCUT2D eigenvalue weighted by molar-refractivity contribution is -0.138. The zero-order valence-corrected chi connectivity index (χ0v) is 15.5. The van der Waals surface area contributed by atoms with Crippen molar-refractivity contribution in [2.45, 2.75) is 64.5 Å². The van der Waals surface area contributed by atoms with Crippen molar-refractivity contribution < 1.29 is 19.1 Å². The van der Waals surface area contributed by atoms with E-state index in [0.29, 0.717) is 19.1 Å². The van der Waals surface area contributed by atoms with Crippen molar-refractivity contribution in [2.75, 3.05) is 26.8 Å². The summed E-state index contributed by atoms with van der Waals surface area (Å²) in [6.45, 7) is 7.63. The van der Waals surface area contributed by atoms with Gasteiger partial charge in [0.2, 0.25) is 5.91 Å². The van der Waals surface area contributed by atoms with Crippen LogP contribution in [0, 0.1) is 11.8 Å². The molecule has 1 saturated heterocycles. The Balaban J connectivity index is 1.98. The minimum Gasteiger partial charge on any atom is -0.444 e. The first-order valence-electron chi connectivity index (χ1n) is 9.07. The predicted octanol–water partition coefficient (Wildman–Crippen LogP) is 2.56. The van der Waals surface area contributed by atoms with Gasteiger partial charge >= 0.3 is 6.09 Å². The highest BCUT2D eigenvalue weighted by atomic mass is 16.6. The maximum atomic E-state index is 13.0. The lowest BCUT2D eigenvalue weighted by Crippen LogP contribution is -2.56. The minimum atomic E-state index is -0.564. The second-order valence-corrected chi connectivity index (χ2v) is 8.06. The van der Waals surface area contributed by atoms with E-state index in [0.717, 1.165) is 38.6 Å². The van der Waals surface area contributed by atoms with E-state index in [9.17, 15) is 9.59 Å². The summed E-state index contributed by atoms with van der Waals surface area (Å²) in [5.41, 5.74) is -0.564. The third kappa shape index (κ3) is 5.36. The van der Waals surface area contributed by atoms with Crippen molar-refractivity contribution in [1.29, 1.82) is 0 Å². The van der Waals surface area contributed by atoms with Gasteiger partial charge in [0.15, 0.2) is 0 Å². The summed E-state index contributed by atoms with van der Waals surface area (Å²) < 4.78 is 10.6. The molecule has 1 heterocycles. The fourth-order valence-corrected chi connectivity index (χ4v) is 3.42. The number of rotatable bonds is 5. The molecule has 1 aliphatic heterocycles. The van der Waals surface area contributed by atoms with E-state index in [2.05, 4.69) is 5.32 Å². The molecule has 0 spiro atoms. The lowest BCUT2D eigenvalue weighted by Gasteiger charge is -2.39. The first kappa shape index (κ1) is 19.0. The lowest BCUT2D eigenvalue weighted by atomic mass is 9.79. The Morgan fingerprint density at radius 2 is 1.92 bits per heavy atom. The van der Waals surface area contributed by atoms with Gasteiger partial charge in [-0.05, 0) is 58.3 Å². The molecule has 0 unspecified atom stereocenters. The standard InChI is InChI=1S/C18H32N2O4/c1-18(2,3)24-17(22)19-15(14-8-5-9-14)16(21)20-10-6-7-13(11-20)12-23-4/h13-15H,5-12H2,1-4H3,(H,19,22)/t13-,15-/m1/s1. The normalized spacial score (nSPS) is 23.3. The largest absolute Gasteiger partial charge is 0.444 e. The zero-order valence-electron chi connectivity index (χ0n) is 15.5. The maximum Gasteiger partial charge on any atom is 0.408 e. The van der Waals surface area contributed by atoms with Crippen LogP contribution in [0.25, 0.3) is 0 Å². The van der Waals surface area contributed by atoms with E-state index in [1.54, 1.807) is 7.11 Å². The van der Waals surface area contributed by atoms with Gasteiger partial charge in [-0.15, -0.1) is 0 Å². The van der Waals surface area contributed by atoms with Crippen molar-refractivity contribution in [3.05, 3.63) is 0 Å². The molecule has 0 aromatic rings. The van der Waals surface area contributed by atoms with Gasteiger partial charge in [0, 0.05) is 20.2 Å². The number of carbonyl (C=O) groups excluding carboxylic acids is 2. The molecule has 1 saturated carbocycles. The van der Waals surface area contributed by atoms with Gasteiger partial charge in [0.1, 0.15) is 11.6 Å². The fourth-order valence-electron chi connectivity index (χ4n) is 3.42. The highest BCUT2D eigenvalue weighted by Gasteiger charge is 2.38. The van der Waals surface area contributed by atoms with Gasteiger partial charge in [-0.3, -0.25) is 4.79 Å². The molecule has 2 fully saturated rings. The van der Waals surface area contributed by atoms with Gasteiger partial charge in [-0.25, -0.2) is 4.79 Å². The van der Waals surface area contributed by atoms with Gasteiger partial charge in [-0.2, -0.15) is 0 Å². The number of likely N-dealkylation sites (tertiary alicyclic amines) is 1. The third-order valence-corrected chi connectivity index (χ3v) is 4.79. The second kappa shape index (κ2) is 8.19. The van der Waals surface area contributed by atoms with Gasteiger partial charge in [-0.1, -0.05) is 6.42 Å². The van der Waals surface area contributed by atoms with Crippen LogP contribution in [0.2, 0.25) is 0 Å². The molecule has 0 aromatic carbocycles. The second-order valence-electron chi connectivity index (χ2n) is 8.06. The first-order valence-corrected chi connectivity index (χ1v) is 9.07. The molecule has 2 atom stereocenters. The van der Waals surface area contributed by atoms with Crippen LogP contribution >= 0.6 is 0 Å². The highest BCUT2D eigenvalue weighted by molar-refractivity contribution is 5.86. The Hall–Kier alpha value is -1.30. The van der Waals surface area contributed by atoms with Crippen molar-refractivity contribution in [1.82, 2.24) is 10.2 Å². The van der Waals surface area contributed by atoms with Gasteiger partial charge in [0.25, 0.3) is 0 Å². The molecule has 24 heavy (non-hydrogen) atoms. The van der Waals surface area contributed by atoms with E-state index >= 15 is 0 Å². The summed E-state index contributed by atoms with van der Waals surface area (Å²) in [7, 11) is 1.70. The molecule has 2 aliphatic rings. The Morgan fingerprint density at radius 3 is 2.46 bits per heavy atom. The SMILES string of the molecule is COC[C@@H]1CCCN(C(=O)[C@H](NC(=O)OC(C)(C)C)C2CCC2)C1. The molecule has 0 aromatic heterocycles. The van der Waals surface area contributed by atoms with Crippen LogP contribution in [-0.4, -0.2) is 55.3 Å². The molecule has 6 nitrogen and oxygen atoms in total. The summed E-state index contributed by atoms with van der Waals surface area (Å²) >= 11 is 0. The Bertz CT molecular complexity index is 441. The van der Waals surface area contributed by atoms with E-state index in [4.69, 9.17) is 9.47 Å². The highest BCUT2D eigenvalue weighted by Crippen LogP contribution is 2.31. The Labute approximate surface area is 145 Å². The predicted molar refractivity (Wildman–Crippen MR) is 91.7 cm³/mol. The quantitative estimate of drug-likeness (QED) is 0.835. The summed E-state index contributed by atoms with van der Waals surface area (Å²) in [5, 5.41) is 2.84. The molecule has 0 bridgehead atoms. The van der Waals surface area contributed by atoms with Crippen LogP contribution in [0.3, 0.4) is 0 Å². The average Bonchev–Trinajstić information content (AvgIpc) is 2.42. The van der Waals surface area contributed by atoms with Crippen molar-refractivity contribution in [3.8, 4) is 0 Å². The molecule has 1 N–H and O–H groups in total. The first-order chi connectivity index (χ1) is 11.3. The van der Waals surface area contributed by atoms with E-state index in [1.807, 2.05) is 25.7 Å². The van der Waals surface area contributed by atoms with Crippen LogP contribution in [-0.2, 0) is 14.3 Å². The van der Waals surface area contributed by atoms with E-state index < -0.39 is 17.7 Å². The number of hydrogen-bond donors (Lipinski definition) is 1. The third-order valence-electron chi connectivity index (χ3n) is 4.79. The number of ether oxygens (including phenoxy) is 2. The van der Waals surface area contributed by atoms with Crippen LogP contribution in [0.15, 0.2) is 0 Å². The number of nitrogens with one attached hydrogen (secondary N) is 1. The zero-order chi connectivity index (χ0) is 17.7. The smallest absolute Gasteiger partial charge is 0.408 e. The molecule has 138 valence electrons. The molecule has 2 amide bonds. The summed E-state index contributed by atoms with van der Waals surface area (Å²) in [4.78, 5) is 27.0. The topological polar surface area (TPSA) is 67.9 Å². The fraction of sp³-hybridized carbons (Fsp3) is 0.889. The summed E-state index contributed by atoms with van der Waals surface area (Å²) in [6, 6.07) is -0.463. The number of piperidine rings is 1. The number of methoxy groups -OCH3 is 1. The molecule has 1 aliphatic carbocycles. The van der Waals surface area contributed by atoms with Crippen molar-refractivity contribution >= 4 is 12.0 Å². The van der Waals surface area contributed by atoms with Crippen LogP contribution in [0.5, 0.6) is 0 Å². The average molecular weight is 340 g/mol. The van der Waals surface area contributed by atoms with Crippen molar-refractivity contribution in [2.24, 2.45) is 11.8 Å². The van der Waals surface area contributed by atoms with Gasteiger partial charge in [0.05, 0.1) is 6.61 Å². The number of alkyl carbamates (subject to hydrolysis) is 1. The van der Waals surface area contributed by atoms with Gasteiger partial charge < -0.3 is 19.7 Å². The number of amides is 2. The Morgan fingerprint density at radius 1 is 1.21 bits per heavy atom. The number of carbonyl (C=O) groups is 2. The molecule has 2 rings (SSSR count). The number of hydrogen-bond acceptors (Lipinski definition) is 4. The Kier molecular flexibility index (Phi) is 6.49. The van der Waals surface area contributed by atoms with Crippen LogP contribution in [0.4, 0.5) is 4.79 Å². The van der Waals surface area contributed by atoms with E-state index in [1.165, 1.54) is 0 Å². The maximum absolute atomic E-state index is 13.0. The monoisotopic (exact) mass is 340 g/mol. The summed E-state index contributed by atoms with van der Waals surface area (Å²) in [5.74, 6) is 0.649.